The standard InChI is InChI=1S/C14H19NO/c1-2-5-12-6-3-4-7-14(12)16-13-8-10-15-11-9-13/h2-4,6-7,13,15H,1,5,8-11H2. The van der Waals surface area contributed by atoms with Crippen LogP contribution in [-0.4, -0.2) is 19.2 Å². The first-order valence-electron chi connectivity index (χ1n) is 5.96. The summed E-state index contributed by atoms with van der Waals surface area (Å²) in [6.45, 7) is 5.91. The van der Waals surface area contributed by atoms with Crippen LogP contribution >= 0.6 is 0 Å². The van der Waals surface area contributed by atoms with Crippen LogP contribution in [0.1, 0.15) is 18.4 Å². The molecule has 1 aliphatic rings. The number of hydrogen-bond donors (Lipinski definition) is 1. The van der Waals surface area contributed by atoms with Gasteiger partial charge < -0.3 is 10.1 Å². The van der Waals surface area contributed by atoms with Gasteiger partial charge in [0.05, 0.1) is 0 Å². The number of rotatable bonds is 4. The van der Waals surface area contributed by atoms with Crippen molar-refractivity contribution in [2.24, 2.45) is 0 Å². The Morgan fingerprint density at radius 3 is 2.81 bits per heavy atom. The molecule has 1 aromatic rings. The van der Waals surface area contributed by atoms with E-state index >= 15 is 0 Å². The molecule has 0 saturated carbocycles. The third-order valence-corrected chi connectivity index (χ3v) is 2.92. The van der Waals surface area contributed by atoms with Crippen LogP contribution in [0.3, 0.4) is 0 Å². The Hall–Kier alpha value is -1.28. The fourth-order valence-corrected chi connectivity index (χ4v) is 2.04. The molecule has 1 aromatic carbocycles. The molecule has 1 heterocycles. The van der Waals surface area contributed by atoms with E-state index in [0.717, 1.165) is 38.1 Å². The average Bonchev–Trinajstić information content (AvgIpc) is 2.33. The normalized spacial score (nSPS) is 17.0. The van der Waals surface area contributed by atoms with Gasteiger partial charge in [0, 0.05) is 0 Å². The predicted molar refractivity (Wildman–Crippen MR) is 66.9 cm³/mol. The topological polar surface area (TPSA) is 21.3 Å². The van der Waals surface area contributed by atoms with Gasteiger partial charge in [-0.05, 0) is 44.0 Å². The van der Waals surface area contributed by atoms with Crippen molar-refractivity contribution in [3.63, 3.8) is 0 Å². The smallest absolute Gasteiger partial charge is 0.123 e. The maximum absolute atomic E-state index is 6.05. The van der Waals surface area contributed by atoms with E-state index in [1.807, 2.05) is 18.2 Å². The third-order valence-electron chi connectivity index (χ3n) is 2.92. The Bertz CT molecular complexity index is 342. The van der Waals surface area contributed by atoms with Crippen molar-refractivity contribution in [3.05, 3.63) is 42.5 Å². The summed E-state index contributed by atoms with van der Waals surface area (Å²) in [5, 5.41) is 3.34. The highest BCUT2D eigenvalue weighted by Gasteiger charge is 2.15. The van der Waals surface area contributed by atoms with E-state index in [0.29, 0.717) is 6.10 Å². The van der Waals surface area contributed by atoms with Crippen molar-refractivity contribution in [2.45, 2.75) is 25.4 Å². The second kappa shape index (κ2) is 5.71. The zero-order chi connectivity index (χ0) is 11.2. The van der Waals surface area contributed by atoms with Gasteiger partial charge in [0.15, 0.2) is 0 Å². The second-order valence-electron chi connectivity index (χ2n) is 4.17. The zero-order valence-electron chi connectivity index (χ0n) is 9.61. The van der Waals surface area contributed by atoms with Crippen molar-refractivity contribution < 1.29 is 4.74 Å². The van der Waals surface area contributed by atoms with Crippen molar-refractivity contribution in [2.75, 3.05) is 13.1 Å². The van der Waals surface area contributed by atoms with E-state index in [4.69, 9.17) is 4.74 Å². The molecule has 2 nitrogen and oxygen atoms in total. The minimum absolute atomic E-state index is 0.368. The van der Waals surface area contributed by atoms with E-state index < -0.39 is 0 Å². The van der Waals surface area contributed by atoms with Gasteiger partial charge in [0.1, 0.15) is 11.9 Å². The fourth-order valence-electron chi connectivity index (χ4n) is 2.04. The summed E-state index contributed by atoms with van der Waals surface area (Å²) in [7, 11) is 0. The number of piperidine rings is 1. The molecule has 0 aliphatic carbocycles. The van der Waals surface area contributed by atoms with Gasteiger partial charge in [-0.3, -0.25) is 0 Å². The van der Waals surface area contributed by atoms with Crippen LogP contribution < -0.4 is 10.1 Å². The van der Waals surface area contributed by atoms with Gasteiger partial charge in [-0.25, -0.2) is 0 Å². The molecule has 1 saturated heterocycles. The predicted octanol–water partition coefficient (Wildman–Crippen LogP) is 2.55. The lowest BCUT2D eigenvalue weighted by Crippen LogP contribution is -2.34. The van der Waals surface area contributed by atoms with Crippen molar-refractivity contribution in [3.8, 4) is 5.75 Å². The van der Waals surface area contributed by atoms with E-state index in [1.54, 1.807) is 0 Å². The molecule has 1 fully saturated rings. The molecule has 0 spiro atoms. The summed E-state index contributed by atoms with van der Waals surface area (Å²) in [5.74, 6) is 1.02. The largest absolute Gasteiger partial charge is 0.490 e. The summed E-state index contributed by atoms with van der Waals surface area (Å²) < 4.78 is 6.05. The number of hydrogen-bond acceptors (Lipinski definition) is 2. The van der Waals surface area contributed by atoms with Crippen molar-refractivity contribution >= 4 is 0 Å². The highest BCUT2D eigenvalue weighted by Crippen LogP contribution is 2.22. The molecule has 1 aliphatic heterocycles. The van der Waals surface area contributed by atoms with Crippen molar-refractivity contribution in [1.82, 2.24) is 5.32 Å². The number of para-hydroxylation sites is 1. The van der Waals surface area contributed by atoms with E-state index in [2.05, 4.69) is 24.0 Å². The molecule has 0 aromatic heterocycles. The Labute approximate surface area is 97.3 Å². The van der Waals surface area contributed by atoms with Gasteiger partial charge in [-0.15, -0.1) is 6.58 Å². The SMILES string of the molecule is C=CCc1ccccc1OC1CCNCC1. The lowest BCUT2D eigenvalue weighted by Gasteiger charge is -2.24. The Morgan fingerprint density at radius 1 is 1.31 bits per heavy atom. The molecule has 0 amide bonds. The molecule has 86 valence electrons. The van der Waals surface area contributed by atoms with E-state index in [1.165, 1.54) is 5.56 Å². The number of benzene rings is 1. The number of ether oxygens (including phenoxy) is 1. The van der Waals surface area contributed by atoms with Crippen LogP contribution in [0.25, 0.3) is 0 Å². The van der Waals surface area contributed by atoms with Gasteiger partial charge in [-0.2, -0.15) is 0 Å². The van der Waals surface area contributed by atoms with Crippen LogP contribution in [0.5, 0.6) is 5.75 Å². The molecule has 0 radical (unpaired) electrons. The maximum Gasteiger partial charge on any atom is 0.123 e. The highest BCUT2D eigenvalue weighted by molar-refractivity contribution is 5.34. The Kier molecular flexibility index (Phi) is 4.00. The highest BCUT2D eigenvalue weighted by atomic mass is 16.5. The summed E-state index contributed by atoms with van der Waals surface area (Å²) in [4.78, 5) is 0. The molecular formula is C14H19NO. The minimum atomic E-state index is 0.368. The molecular weight excluding hydrogens is 198 g/mol. The molecule has 2 heteroatoms. The van der Waals surface area contributed by atoms with Crippen LogP contribution in [0, 0.1) is 0 Å². The van der Waals surface area contributed by atoms with Crippen LogP contribution in [-0.2, 0) is 6.42 Å². The number of nitrogens with one attached hydrogen (secondary N) is 1. The number of allylic oxidation sites excluding steroid dienone is 1. The molecule has 0 unspecified atom stereocenters. The quantitative estimate of drug-likeness (QED) is 0.783. The average molecular weight is 217 g/mol. The summed E-state index contributed by atoms with van der Waals surface area (Å²) in [6.07, 6.45) is 5.36. The first kappa shape index (κ1) is 11.2. The third kappa shape index (κ3) is 2.86. The molecule has 1 N–H and O–H groups in total. The fraction of sp³-hybridized carbons (Fsp3) is 0.429. The Morgan fingerprint density at radius 2 is 2.06 bits per heavy atom. The first-order valence-corrected chi connectivity index (χ1v) is 5.96. The maximum atomic E-state index is 6.05. The molecule has 0 bridgehead atoms. The summed E-state index contributed by atoms with van der Waals surface area (Å²) >= 11 is 0. The summed E-state index contributed by atoms with van der Waals surface area (Å²) in [5.41, 5.74) is 1.23. The van der Waals surface area contributed by atoms with Crippen LogP contribution in [0.15, 0.2) is 36.9 Å². The van der Waals surface area contributed by atoms with E-state index in [-0.39, 0.29) is 0 Å². The van der Waals surface area contributed by atoms with Gasteiger partial charge in [-0.1, -0.05) is 24.3 Å². The minimum Gasteiger partial charge on any atom is -0.490 e. The van der Waals surface area contributed by atoms with Crippen molar-refractivity contribution in [1.29, 1.82) is 0 Å². The van der Waals surface area contributed by atoms with Gasteiger partial charge in [0.25, 0.3) is 0 Å². The summed E-state index contributed by atoms with van der Waals surface area (Å²) in [6, 6.07) is 8.25. The first-order chi connectivity index (χ1) is 7.90. The molecule has 2 rings (SSSR count). The molecule has 0 atom stereocenters. The lowest BCUT2D eigenvalue weighted by atomic mass is 10.1. The van der Waals surface area contributed by atoms with Gasteiger partial charge in [0.2, 0.25) is 0 Å². The van der Waals surface area contributed by atoms with Gasteiger partial charge >= 0.3 is 0 Å². The zero-order valence-corrected chi connectivity index (χ0v) is 9.61. The van der Waals surface area contributed by atoms with Crippen LogP contribution in [0.2, 0.25) is 0 Å². The molecule has 16 heavy (non-hydrogen) atoms. The second-order valence-corrected chi connectivity index (χ2v) is 4.17. The van der Waals surface area contributed by atoms with Crippen LogP contribution in [0.4, 0.5) is 0 Å². The van der Waals surface area contributed by atoms with E-state index in [9.17, 15) is 0 Å². The Balaban J connectivity index is 2.04. The lowest BCUT2D eigenvalue weighted by molar-refractivity contribution is 0.161. The monoisotopic (exact) mass is 217 g/mol.